The highest BCUT2D eigenvalue weighted by molar-refractivity contribution is 5.55. The summed E-state index contributed by atoms with van der Waals surface area (Å²) < 4.78 is 16.8. The van der Waals surface area contributed by atoms with Crippen LogP contribution in [0, 0.1) is 0 Å². The quantitative estimate of drug-likeness (QED) is 0.898. The molecule has 2 heterocycles. The molecule has 2 aromatic rings. The minimum absolute atomic E-state index is 0.0697. The zero-order valence-electron chi connectivity index (χ0n) is 14.4. The topological polar surface area (TPSA) is 51.2 Å². The van der Waals surface area contributed by atoms with Crippen LogP contribution in [0.15, 0.2) is 36.4 Å². The van der Waals surface area contributed by atoms with Gasteiger partial charge in [-0.3, -0.25) is 4.90 Å². The summed E-state index contributed by atoms with van der Waals surface area (Å²) in [7, 11) is 0. The third-order valence-electron chi connectivity index (χ3n) is 4.84. The summed E-state index contributed by atoms with van der Waals surface area (Å²) in [5.74, 6) is 2.37. The van der Waals surface area contributed by atoms with E-state index in [2.05, 4.69) is 11.0 Å². The van der Waals surface area contributed by atoms with Crippen molar-refractivity contribution in [3.63, 3.8) is 0 Å². The summed E-state index contributed by atoms with van der Waals surface area (Å²) in [6.07, 6.45) is 2.33. The lowest BCUT2D eigenvalue weighted by molar-refractivity contribution is 0.173. The van der Waals surface area contributed by atoms with E-state index in [0.717, 1.165) is 30.0 Å². The van der Waals surface area contributed by atoms with Gasteiger partial charge in [-0.05, 0) is 45.0 Å². The van der Waals surface area contributed by atoms with E-state index in [1.165, 1.54) is 12.8 Å². The highest BCUT2D eigenvalue weighted by Gasteiger charge is 2.31. The van der Waals surface area contributed by atoms with E-state index in [4.69, 9.17) is 14.2 Å². The molecule has 0 bridgehead atoms. The number of hydrogen-bond donors (Lipinski definition) is 1. The maximum Gasteiger partial charge on any atom is 0.231 e. The lowest BCUT2D eigenvalue weighted by atomic mass is 9.95. The van der Waals surface area contributed by atoms with E-state index in [1.807, 2.05) is 31.2 Å². The van der Waals surface area contributed by atoms with Gasteiger partial charge in [-0.15, -0.1) is 0 Å². The van der Waals surface area contributed by atoms with E-state index >= 15 is 0 Å². The summed E-state index contributed by atoms with van der Waals surface area (Å²) in [5.41, 5.74) is 1.90. The van der Waals surface area contributed by atoms with Gasteiger partial charge in [0.2, 0.25) is 6.79 Å². The fraction of sp³-hybridized carbons (Fsp3) is 0.400. The number of para-hydroxylation sites is 1. The largest absolute Gasteiger partial charge is 0.507 e. The lowest BCUT2D eigenvalue weighted by Crippen LogP contribution is -2.27. The summed E-state index contributed by atoms with van der Waals surface area (Å²) in [4.78, 5) is 2.40. The molecule has 0 saturated carbocycles. The number of fused-ring (bicyclic) bond motifs is 1. The van der Waals surface area contributed by atoms with Gasteiger partial charge in [0.15, 0.2) is 11.5 Å². The maximum absolute atomic E-state index is 10.7. The summed E-state index contributed by atoms with van der Waals surface area (Å²) in [6.45, 7) is 4.79. The van der Waals surface area contributed by atoms with Gasteiger partial charge < -0.3 is 19.3 Å². The van der Waals surface area contributed by atoms with Crippen molar-refractivity contribution in [1.82, 2.24) is 4.90 Å². The van der Waals surface area contributed by atoms with Gasteiger partial charge in [0.05, 0.1) is 12.6 Å². The second kappa shape index (κ2) is 6.84. The molecule has 1 N–H and O–H groups in total. The molecule has 0 spiro atoms. The number of ether oxygens (including phenoxy) is 3. The average Bonchev–Trinajstić information content (AvgIpc) is 3.29. The Kier molecular flexibility index (Phi) is 4.40. The van der Waals surface area contributed by atoms with Crippen LogP contribution >= 0.6 is 0 Å². The van der Waals surface area contributed by atoms with Crippen LogP contribution in [0.5, 0.6) is 23.0 Å². The highest BCUT2D eigenvalue weighted by atomic mass is 16.7. The average molecular weight is 341 g/mol. The van der Waals surface area contributed by atoms with Crippen LogP contribution in [0.4, 0.5) is 0 Å². The number of phenolic OH excluding ortho intramolecular Hbond substituents is 1. The molecule has 2 aliphatic rings. The Morgan fingerprint density at radius 2 is 1.80 bits per heavy atom. The molecule has 25 heavy (non-hydrogen) atoms. The first-order valence-electron chi connectivity index (χ1n) is 8.86. The van der Waals surface area contributed by atoms with E-state index in [0.29, 0.717) is 18.1 Å². The SMILES string of the molecule is CCOc1ccccc1[C@@H](c1cc2c(cc1O)OCO2)N1CCCC1. The molecule has 0 aromatic heterocycles. The molecule has 2 aliphatic heterocycles. The first-order chi connectivity index (χ1) is 12.3. The van der Waals surface area contributed by atoms with Crippen LogP contribution in [0.1, 0.15) is 36.9 Å². The predicted molar refractivity (Wildman–Crippen MR) is 94.5 cm³/mol. The normalized spacial score (nSPS) is 17.6. The van der Waals surface area contributed by atoms with Gasteiger partial charge >= 0.3 is 0 Å². The maximum atomic E-state index is 10.7. The molecule has 5 heteroatoms. The fourth-order valence-corrected chi connectivity index (χ4v) is 3.72. The first kappa shape index (κ1) is 16.1. The third kappa shape index (κ3) is 3.00. The molecular weight excluding hydrogens is 318 g/mol. The number of rotatable bonds is 5. The zero-order valence-corrected chi connectivity index (χ0v) is 14.4. The minimum atomic E-state index is -0.0697. The number of benzene rings is 2. The molecule has 0 aliphatic carbocycles. The summed E-state index contributed by atoms with van der Waals surface area (Å²) >= 11 is 0. The molecule has 4 rings (SSSR count). The van der Waals surface area contributed by atoms with Crippen LogP contribution in [0.2, 0.25) is 0 Å². The Balaban J connectivity index is 1.83. The zero-order chi connectivity index (χ0) is 17.2. The van der Waals surface area contributed by atoms with Crippen molar-refractivity contribution in [2.24, 2.45) is 0 Å². The van der Waals surface area contributed by atoms with E-state index in [1.54, 1.807) is 6.07 Å². The van der Waals surface area contributed by atoms with Crippen molar-refractivity contribution in [3.05, 3.63) is 47.5 Å². The van der Waals surface area contributed by atoms with Crippen molar-refractivity contribution < 1.29 is 19.3 Å². The van der Waals surface area contributed by atoms with Gasteiger partial charge in [0.1, 0.15) is 11.5 Å². The van der Waals surface area contributed by atoms with Crippen molar-refractivity contribution in [1.29, 1.82) is 0 Å². The molecule has 1 atom stereocenters. The van der Waals surface area contributed by atoms with Gasteiger partial charge in [0, 0.05) is 17.2 Å². The molecule has 0 unspecified atom stereocenters. The number of hydrogen-bond acceptors (Lipinski definition) is 5. The molecular formula is C20H23NO4. The molecule has 1 fully saturated rings. The van der Waals surface area contributed by atoms with E-state index in [9.17, 15) is 5.11 Å². The summed E-state index contributed by atoms with van der Waals surface area (Å²) in [6, 6.07) is 11.6. The van der Waals surface area contributed by atoms with E-state index in [-0.39, 0.29) is 18.6 Å². The Bertz CT molecular complexity index is 755. The predicted octanol–water partition coefficient (Wildman–Crippen LogP) is 3.70. The number of phenols is 1. The van der Waals surface area contributed by atoms with Crippen molar-refractivity contribution in [3.8, 4) is 23.0 Å². The molecule has 5 nitrogen and oxygen atoms in total. The smallest absolute Gasteiger partial charge is 0.231 e. The summed E-state index contributed by atoms with van der Waals surface area (Å²) in [5, 5.41) is 10.7. The van der Waals surface area contributed by atoms with Crippen molar-refractivity contribution >= 4 is 0 Å². The third-order valence-corrected chi connectivity index (χ3v) is 4.84. The number of likely N-dealkylation sites (tertiary alicyclic amines) is 1. The Morgan fingerprint density at radius 3 is 2.56 bits per heavy atom. The number of nitrogens with zero attached hydrogens (tertiary/aromatic N) is 1. The molecule has 1 saturated heterocycles. The van der Waals surface area contributed by atoms with Gasteiger partial charge in [-0.25, -0.2) is 0 Å². The van der Waals surface area contributed by atoms with Crippen LogP contribution in [-0.2, 0) is 0 Å². The van der Waals surface area contributed by atoms with Crippen LogP contribution in [-0.4, -0.2) is 36.5 Å². The second-order valence-electron chi connectivity index (χ2n) is 6.38. The second-order valence-corrected chi connectivity index (χ2v) is 6.38. The van der Waals surface area contributed by atoms with Crippen LogP contribution < -0.4 is 14.2 Å². The van der Waals surface area contributed by atoms with Gasteiger partial charge in [-0.2, -0.15) is 0 Å². The van der Waals surface area contributed by atoms with Gasteiger partial charge in [-0.1, -0.05) is 18.2 Å². The lowest BCUT2D eigenvalue weighted by Gasteiger charge is -2.30. The molecule has 0 amide bonds. The highest BCUT2D eigenvalue weighted by Crippen LogP contribution is 2.45. The van der Waals surface area contributed by atoms with Crippen LogP contribution in [0.25, 0.3) is 0 Å². The molecule has 0 radical (unpaired) electrons. The first-order valence-corrected chi connectivity index (χ1v) is 8.86. The number of aromatic hydroxyl groups is 1. The van der Waals surface area contributed by atoms with Crippen LogP contribution in [0.3, 0.4) is 0 Å². The standard InChI is InChI=1S/C20H23NO4/c1-2-23-17-8-4-3-7-14(17)20(21-9-5-6-10-21)15-11-18-19(12-16(15)22)25-13-24-18/h3-4,7-8,11-12,20,22H,2,5-6,9-10,13H2,1H3/t20-/m0/s1. The van der Waals surface area contributed by atoms with Crippen molar-refractivity contribution in [2.45, 2.75) is 25.8 Å². The monoisotopic (exact) mass is 341 g/mol. The molecule has 2 aromatic carbocycles. The Morgan fingerprint density at radius 1 is 1.08 bits per heavy atom. The fourth-order valence-electron chi connectivity index (χ4n) is 3.72. The van der Waals surface area contributed by atoms with Crippen molar-refractivity contribution in [2.75, 3.05) is 26.5 Å². The molecule has 132 valence electrons. The van der Waals surface area contributed by atoms with Gasteiger partial charge in [0.25, 0.3) is 0 Å². The minimum Gasteiger partial charge on any atom is -0.507 e. The Labute approximate surface area is 147 Å². The van der Waals surface area contributed by atoms with E-state index < -0.39 is 0 Å². The Hall–Kier alpha value is -2.40.